The number of carbonyl (C=O) groups is 1. The van der Waals surface area contributed by atoms with Crippen LogP contribution in [0.25, 0.3) is 0 Å². The number of rotatable bonds is 4. The fraction of sp³-hybridized carbons (Fsp3) is 0.500. The van der Waals surface area contributed by atoms with E-state index in [4.69, 9.17) is 0 Å². The van der Waals surface area contributed by atoms with Gasteiger partial charge in [-0.2, -0.15) is 0 Å². The topological polar surface area (TPSA) is 75.5 Å². The van der Waals surface area contributed by atoms with Crippen LogP contribution in [0.1, 0.15) is 23.7 Å². The third-order valence-electron chi connectivity index (χ3n) is 3.80. The molecule has 0 saturated carbocycles. The van der Waals surface area contributed by atoms with Gasteiger partial charge in [-0.15, -0.1) is 0 Å². The second-order valence-electron chi connectivity index (χ2n) is 5.43. The summed E-state index contributed by atoms with van der Waals surface area (Å²) in [6.45, 7) is 4.08. The fourth-order valence-corrected chi connectivity index (χ4v) is 2.66. The molecule has 0 spiro atoms. The second-order valence-corrected chi connectivity index (χ2v) is 5.43. The van der Waals surface area contributed by atoms with Crippen LogP contribution in [0, 0.1) is 16.0 Å². The van der Waals surface area contributed by atoms with E-state index in [1.807, 2.05) is 0 Å². The smallest absolute Gasteiger partial charge is 0.293 e. The zero-order valence-electron chi connectivity index (χ0n) is 11.7. The van der Waals surface area contributed by atoms with Crippen molar-refractivity contribution in [2.45, 2.75) is 19.4 Å². The lowest BCUT2D eigenvalue weighted by Crippen LogP contribution is -2.43. The second kappa shape index (κ2) is 6.00. The maximum Gasteiger partial charge on any atom is 0.293 e. The minimum Gasteiger partial charge on any atom is -0.376 e. The molecule has 0 radical (unpaired) electrons. The monoisotopic (exact) mass is 277 g/mol. The molecular weight excluding hydrogens is 258 g/mol. The van der Waals surface area contributed by atoms with Crippen molar-refractivity contribution in [2.24, 2.45) is 5.92 Å². The molecule has 2 unspecified atom stereocenters. The Kier molecular flexibility index (Phi) is 4.34. The van der Waals surface area contributed by atoms with Crippen LogP contribution in [0.5, 0.6) is 0 Å². The Bertz CT molecular complexity index is 518. The number of likely N-dealkylation sites (tertiary alicyclic amines) is 1. The Hall–Kier alpha value is -1.95. The van der Waals surface area contributed by atoms with E-state index >= 15 is 0 Å². The van der Waals surface area contributed by atoms with Gasteiger partial charge in [0, 0.05) is 24.2 Å². The number of nitrogens with zero attached hydrogens (tertiary/aromatic N) is 2. The molecular formula is C14H19N3O3. The standard InChI is InChI=1S/C14H19N3O3/c1-10-8-16(2)6-5-12(10)15-13-4-3-11(9-18)7-14(13)17(19)20/h3-4,7,9-10,12,15H,5-6,8H2,1-2H3. The summed E-state index contributed by atoms with van der Waals surface area (Å²) in [6, 6.07) is 4.75. The van der Waals surface area contributed by atoms with Gasteiger partial charge in [-0.05, 0) is 38.1 Å². The quantitative estimate of drug-likeness (QED) is 0.518. The lowest BCUT2D eigenvalue weighted by molar-refractivity contribution is -0.384. The summed E-state index contributed by atoms with van der Waals surface area (Å²) in [6.07, 6.45) is 1.57. The van der Waals surface area contributed by atoms with Crippen LogP contribution in [0.4, 0.5) is 11.4 Å². The van der Waals surface area contributed by atoms with E-state index in [0.29, 0.717) is 23.5 Å². The van der Waals surface area contributed by atoms with Gasteiger partial charge in [0.15, 0.2) is 0 Å². The van der Waals surface area contributed by atoms with Gasteiger partial charge in [0.25, 0.3) is 5.69 Å². The third-order valence-corrected chi connectivity index (χ3v) is 3.80. The number of anilines is 1. The van der Waals surface area contributed by atoms with Crippen LogP contribution in [0.15, 0.2) is 18.2 Å². The van der Waals surface area contributed by atoms with Crippen LogP contribution in [-0.2, 0) is 0 Å². The Balaban J connectivity index is 2.20. The van der Waals surface area contributed by atoms with Crippen molar-refractivity contribution in [1.82, 2.24) is 4.90 Å². The minimum absolute atomic E-state index is 0.0410. The van der Waals surface area contributed by atoms with E-state index in [0.717, 1.165) is 19.5 Å². The maximum atomic E-state index is 11.1. The first-order chi connectivity index (χ1) is 9.51. The first kappa shape index (κ1) is 14.5. The first-order valence-electron chi connectivity index (χ1n) is 6.70. The van der Waals surface area contributed by atoms with E-state index in [-0.39, 0.29) is 11.7 Å². The number of nitrogens with one attached hydrogen (secondary N) is 1. The van der Waals surface area contributed by atoms with Gasteiger partial charge in [-0.3, -0.25) is 14.9 Å². The fourth-order valence-electron chi connectivity index (χ4n) is 2.66. The lowest BCUT2D eigenvalue weighted by atomic mass is 9.94. The molecule has 0 amide bonds. The molecule has 1 fully saturated rings. The number of carbonyl (C=O) groups excluding carboxylic acids is 1. The van der Waals surface area contributed by atoms with E-state index in [9.17, 15) is 14.9 Å². The van der Waals surface area contributed by atoms with Crippen LogP contribution in [0.3, 0.4) is 0 Å². The van der Waals surface area contributed by atoms with E-state index in [2.05, 4.69) is 24.2 Å². The zero-order chi connectivity index (χ0) is 14.7. The average molecular weight is 277 g/mol. The van der Waals surface area contributed by atoms with Crippen LogP contribution >= 0.6 is 0 Å². The van der Waals surface area contributed by atoms with Crippen LogP contribution in [-0.4, -0.2) is 42.3 Å². The molecule has 6 heteroatoms. The van der Waals surface area contributed by atoms with Gasteiger partial charge in [0.1, 0.15) is 12.0 Å². The average Bonchev–Trinajstić information content (AvgIpc) is 2.42. The number of aldehydes is 1. The summed E-state index contributed by atoms with van der Waals surface area (Å²) in [5.74, 6) is 0.416. The van der Waals surface area contributed by atoms with Crippen LogP contribution < -0.4 is 5.32 Å². The van der Waals surface area contributed by atoms with Gasteiger partial charge < -0.3 is 10.2 Å². The number of nitro benzene ring substituents is 1. The summed E-state index contributed by atoms with van der Waals surface area (Å²) in [4.78, 5) is 23.6. The number of benzene rings is 1. The third kappa shape index (κ3) is 3.14. The van der Waals surface area contributed by atoms with Gasteiger partial charge >= 0.3 is 0 Å². The van der Waals surface area contributed by atoms with Gasteiger partial charge in [-0.25, -0.2) is 0 Å². The maximum absolute atomic E-state index is 11.1. The molecule has 0 aromatic heterocycles. The van der Waals surface area contributed by atoms with Gasteiger partial charge in [-0.1, -0.05) is 6.92 Å². The summed E-state index contributed by atoms with van der Waals surface area (Å²) in [5.41, 5.74) is 0.765. The number of piperidine rings is 1. The van der Waals surface area contributed by atoms with Crippen LogP contribution in [0.2, 0.25) is 0 Å². The van der Waals surface area contributed by atoms with E-state index in [1.54, 1.807) is 12.1 Å². The first-order valence-corrected chi connectivity index (χ1v) is 6.70. The molecule has 1 N–H and O–H groups in total. The van der Waals surface area contributed by atoms with Crippen molar-refractivity contribution in [3.05, 3.63) is 33.9 Å². The summed E-state index contributed by atoms with van der Waals surface area (Å²) < 4.78 is 0. The molecule has 2 rings (SSSR count). The number of hydrogen-bond donors (Lipinski definition) is 1. The Morgan fingerprint density at radius 1 is 1.50 bits per heavy atom. The van der Waals surface area contributed by atoms with Crippen molar-refractivity contribution in [2.75, 3.05) is 25.5 Å². The van der Waals surface area contributed by atoms with Crippen molar-refractivity contribution in [3.8, 4) is 0 Å². The van der Waals surface area contributed by atoms with Gasteiger partial charge in [0.2, 0.25) is 0 Å². The molecule has 1 aromatic rings. The van der Waals surface area contributed by atoms with Crippen molar-refractivity contribution < 1.29 is 9.72 Å². The predicted molar refractivity (Wildman–Crippen MR) is 77.2 cm³/mol. The molecule has 108 valence electrons. The Morgan fingerprint density at radius 2 is 2.25 bits per heavy atom. The number of nitro groups is 1. The molecule has 6 nitrogen and oxygen atoms in total. The highest BCUT2D eigenvalue weighted by Crippen LogP contribution is 2.28. The predicted octanol–water partition coefficient (Wildman–Crippen LogP) is 2.16. The summed E-state index contributed by atoms with van der Waals surface area (Å²) in [7, 11) is 2.08. The highest BCUT2D eigenvalue weighted by Gasteiger charge is 2.26. The molecule has 0 bridgehead atoms. The number of hydrogen-bond acceptors (Lipinski definition) is 5. The Morgan fingerprint density at radius 3 is 2.85 bits per heavy atom. The van der Waals surface area contributed by atoms with Crippen molar-refractivity contribution in [3.63, 3.8) is 0 Å². The highest BCUT2D eigenvalue weighted by molar-refractivity contribution is 5.79. The molecule has 1 aliphatic rings. The minimum atomic E-state index is -0.449. The molecule has 2 atom stereocenters. The molecule has 1 heterocycles. The van der Waals surface area contributed by atoms with E-state index < -0.39 is 4.92 Å². The molecule has 1 aliphatic heterocycles. The Labute approximate surface area is 117 Å². The van der Waals surface area contributed by atoms with E-state index in [1.165, 1.54) is 6.07 Å². The molecule has 0 aliphatic carbocycles. The SMILES string of the molecule is CC1CN(C)CCC1Nc1ccc(C=O)cc1[N+](=O)[O-]. The lowest BCUT2D eigenvalue weighted by Gasteiger charge is -2.35. The van der Waals surface area contributed by atoms with Crippen molar-refractivity contribution >= 4 is 17.7 Å². The van der Waals surface area contributed by atoms with Gasteiger partial charge in [0.05, 0.1) is 4.92 Å². The highest BCUT2D eigenvalue weighted by atomic mass is 16.6. The molecule has 1 saturated heterocycles. The normalized spacial score (nSPS) is 23.3. The van der Waals surface area contributed by atoms with Crippen molar-refractivity contribution in [1.29, 1.82) is 0 Å². The summed E-state index contributed by atoms with van der Waals surface area (Å²) >= 11 is 0. The zero-order valence-corrected chi connectivity index (χ0v) is 11.7. The molecule has 20 heavy (non-hydrogen) atoms. The largest absolute Gasteiger partial charge is 0.376 e. The molecule has 1 aromatic carbocycles. The summed E-state index contributed by atoms with van der Waals surface area (Å²) in [5, 5.41) is 14.4.